The molecule has 0 N–H and O–H groups in total. The molecule has 1 saturated heterocycles. The third-order valence-electron chi connectivity index (χ3n) is 3.46. The molecule has 16 heavy (non-hydrogen) atoms. The van der Waals surface area contributed by atoms with Gasteiger partial charge in [-0.3, -0.25) is 4.79 Å². The van der Waals surface area contributed by atoms with Crippen LogP contribution in [0.25, 0.3) is 0 Å². The van der Waals surface area contributed by atoms with Gasteiger partial charge in [0.15, 0.2) is 5.78 Å². The number of methoxy groups -OCH3 is 1. The highest BCUT2D eigenvalue weighted by molar-refractivity contribution is 5.87. The molecular formula is C13H24O3. The smallest absolute Gasteiger partial charge is 0.164 e. The Hall–Kier alpha value is -0.410. The third kappa shape index (κ3) is 3.56. The summed E-state index contributed by atoms with van der Waals surface area (Å²) < 4.78 is 10.8. The van der Waals surface area contributed by atoms with Gasteiger partial charge in [0.25, 0.3) is 0 Å². The standard InChI is InChI=1S/C13H24O3/c1-3-4-5-6-7-12(14)13(15-2)8-10-16-11-9-13/h3-11H2,1-2H3. The second-order valence-electron chi connectivity index (χ2n) is 4.54. The van der Waals surface area contributed by atoms with Gasteiger partial charge in [0.2, 0.25) is 0 Å². The second kappa shape index (κ2) is 7.02. The number of hydrogen-bond acceptors (Lipinski definition) is 3. The average molecular weight is 228 g/mol. The third-order valence-corrected chi connectivity index (χ3v) is 3.46. The van der Waals surface area contributed by atoms with Crippen molar-refractivity contribution >= 4 is 5.78 Å². The molecule has 0 aromatic carbocycles. The van der Waals surface area contributed by atoms with Crippen molar-refractivity contribution in [2.75, 3.05) is 20.3 Å². The number of ether oxygens (including phenoxy) is 2. The maximum Gasteiger partial charge on any atom is 0.164 e. The predicted octanol–water partition coefficient (Wildman–Crippen LogP) is 2.72. The second-order valence-corrected chi connectivity index (χ2v) is 4.54. The molecule has 1 aliphatic rings. The molecule has 1 heterocycles. The molecule has 0 amide bonds. The lowest BCUT2D eigenvalue weighted by Crippen LogP contribution is -2.45. The fourth-order valence-electron chi connectivity index (χ4n) is 2.24. The highest BCUT2D eigenvalue weighted by Gasteiger charge is 2.39. The summed E-state index contributed by atoms with van der Waals surface area (Å²) in [5.74, 6) is 0.273. The predicted molar refractivity (Wildman–Crippen MR) is 63.6 cm³/mol. The van der Waals surface area contributed by atoms with Crippen LogP contribution >= 0.6 is 0 Å². The number of carbonyl (C=O) groups is 1. The maximum absolute atomic E-state index is 12.1. The van der Waals surface area contributed by atoms with Gasteiger partial charge in [-0.1, -0.05) is 26.2 Å². The van der Waals surface area contributed by atoms with Crippen LogP contribution < -0.4 is 0 Å². The number of hydrogen-bond donors (Lipinski definition) is 0. The van der Waals surface area contributed by atoms with Crippen molar-refractivity contribution in [1.82, 2.24) is 0 Å². The van der Waals surface area contributed by atoms with Crippen LogP contribution in [0.2, 0.25) is 0 Å². The minimum Gasteiger partial charge on any atom is -0.381 e. The Morgan fingerprint density at radius 3 is 2.50 bits per heavy atom. The SMILES string of the molecule is CCCCCCC(=O)C1(OC)CCOCC1. The van der Waals surface area contributed by atoms with Crippen molar-refractivity contribution in [1.29, 1.82) is 0 Å². The van der Waals surface area contributed by atoms with Crippen molar-refractivity contribution in [3.05, 3.63) is 0 Å². The van der Waals surface area contributed by atoms with E-state index in [2.05, 4.69) is 6.92 Å². The van der Waals surface area contributed by atoms with Crippen LogP contribution in [0.1, 0.15) is 51.9 Å². The Balaban J connectivity index is 2.36. The molecule has 0 bridgehead atoms. The van der Waals surface area contributed by atoms with E-state index in [1.165, 1.54) is 12.8 Å². The van der Waals surface area contributed by atoms with Gasteiger partial charge in [-0.05, 0) is 6.42 Å². The molecule has 1 rings (SSSR count). The topological polar surface area (TPSA) is 35.5 Å². The highest BCUT2D eigenvalue weighted by Crippen LogP contribution is 2.27. The lowest BCUT2D eigenvalue weighted by molar-refractivity contribution is -0.152. The summed E-state index contributed by atoms with van der Waals surface area (Å²) in [6.07, 6.45) is 6.67. The average Bonchev–Trinajstić information content (AvgIpc) is 2.35. The summed E-state index contributed by atoms with van der Waals surface area (Å²) in [5.41, 5.74) is -0.537. The molecule has 0 aliphatic carbocycles. The largest absolute Gasteiger partial charge is 0.381 e. The zero-order valence-corrected chi connectivity index (χ0v) is 10.6. The monoisotopic (exact) mass is 228 g/mol. The molecule has 3 nitrogen and oxygen atoms in total. The molecule has 0 aromatic heterocycles. The van der Waals surface area contributed by atoms with E-state index >= 15 is 0 Å². The molecule has 94 valence electrons. The van der Waals surface area contributed by atoms with Gasteiger partial charge in [0.1, 0.15) is 5.60 Å². The zero-order chi connectivity index (χ0) is 11.9. The van der Waals surface area contributed by atoms with E-state index < -0.39 is 5.60 Å². The number of ketones is 1. The Morgan fingerprint density at radius 1 is 1.25 bits per heavy atom. The van der Waals surface area contributed by atoms with Crippen molar-refractivity contribution in [2.24, 2.45) is 0 Å². The normalized spacial score (nSPS) is 19.6. The van der Waals surface area contributed by atoms with Crippen molar-refractivity contribution in [3.8, 4) is 0 Å². The number of rotatable bonds is 7. The van der Waals surface area contributed by atoms with E-state index in [9.17, 15) is 4.79 Å². The van der Waals surface area contributed by atoms with Crippen molar-refractivity contribution in [2.45, 2.75) is 57.5 Å². The van der Waals surface area contributed by atoms with Crippen LogP contribution in [0, 0.1) is 0 Å². The van der Waals surface area contributed by atoms with E-state index in [1.54, 1.807) is 7.11 Å². The Labute approximate surface area is 98.5 Å². The lowest BCUT2D eigenvalue weighted by atomic mass is 9.86. The quantitative estimate of drug-likeness (QED) is 0.628. The van der Waals surface area contributed by atoms with E-state index in [4.69, 9.17) is 9.47 Å². The van der Waals surface area contributed by atoms with Gasteiger partial charge in [-0.2, -0.15) is 0 Å². The summed E-state index contributed by atoms with van der Waals surface area (Å²) in [5, 5.41) is 0. The number of Topliss-reactive ketones (excluding diaryl/α,β-unsaturated/α-hetero) is 1. The highest BCUT2D eigenvalue weighted by atomic mass is 16.5. The summed E-state index contributed by atoms with van der Waals surface area (Å²) >= 11 is 0. The van der Waals surface area contributed by atoms with E-state index in [0.717, 1.165) is 25.7 Å². The van der Waals surface area contributed by atoms with Gasteiger partial charge in [-0.15, -0.1) is 0 Å². The first kappa shape index (κ1) is 13.7. The summed E-state index contributed by atoms with van der Waals surface area (Å²) in [4.78, 5) is 12.1. The van der Waals surface area contributed by atoms with Crippen LogP contribution in [0.15, 0.2) is 0 Å². The van der Waals surface area contributed by atoms with E-state index in [1.807, 2.05) is 0 Å². The van der Waals surface area contributed by atoms with E-state index in [-0.39, 0.29) is 5.78 Å². The molecule has 1 aliphatic heterocycles. The Bertz CT molecular complexity index is 207. The summed E-state index contributed by atoms with van der Waals surface area (Å²) in [6, 6.07) is 0. The first-order valence-electron chi connectivity index (χ1n) is 6.41. The molecule has 0 spiro atoms. The zero-order valence-electron chi connectivity index (χ0n) is 10.6. The fourth-order valence-corrected chi connectivity index (χ4v) is 2.24. The number of carbonyl (C=O) groups excluding carboxylic acids is 1. The first-order valence-corrected chi connectivity index (χ1v) is 6.41. The Kier molecular flexibility index (Phi) is 5.99. The van der Waals surface area contributed by atoms with Gasteiger partial charge in [-0.25, -0.2) is 0 Å². The first-order chi connectivity index (χ1) is 7.75. The molecular weight excluding hydrogens is 204 g/mol. The van der Waals surface area contributed by atoms with Gasteiger partial charge < -0.3 is 9.47 Å². The molecule has 0 saturated carbocycles. The van der Waals surface area contributed by atoms with Crippen LogP contribution in [0.3, 0.4) is 0 Å². The molecule has 0 radical (unpaired) electrons. The van der Waals surface area contributed by atoms with Gasteiger partial charge >= 0.3 is 0 Å². The minimum atomic E-state index is -0.537. The van der Waals surface area contributed by atoms with Crippen molar-refractivity contribution in [3.63, 3.8) is 0 Å². The van der Waals surface area contributed by atoms with Crippen molar-refractivity contribution < 1.29 is 14.3 Å². The number of unbranched alkanes of at least 4 members (excludes halogenated alkanes) is 3. The minimum absolute atomic E-state index is 0.273. The van der Waals surface area contributed by atoms with Crippen LogP contribution in [0.4, 0.5) is 0 Å². The lowest BCUT2D eigenvalue weighted by Gasteiger charge is -2.34. The molecule has 3 heteroatoms. The van der Waals surface area contributed by atoms with Crippen LogP contribution in [0.5, 0.6) is 0 Å². The molecule has 0 aromatic rings. The molecule has 1 fully saturated rings. The Morgan fingerprint density at radius 2 is 1.94 bits per heavy atom. The summed E-state index contributed by atoms with van der Waals surface area (Å²) in [7, 11) is 1.65. The maximum atomic E-state index is 12.1. The fraction of sp³-hybridized carbons (Fsp3) is 0.923. The van der Waals surface area contributed by atoms with Gasteiger partial charge in [0.05, 0.1) is 0 Å². The van der Waals surface area contributed by atoms with E-state index in [0.29, 0.717) is 19.6 Å². The molecule has 0 unspecified atom stereocenters. The molecule has 0 atom stereocenters. The summed E-state index contributed by atoms with van der Waals surface area (Å²) in [6.45, 7) is 3.47. The van der Waals surface area contributed by atoms with Gasteiger partial charge in [0, 0.05) is 39.6 Å². The van der Waals surface area contributed by atoms with Crippen LogP contribution in [-0.4, -0.2) is 31.7 Å². The van der Waals surface area contributed by atoms with Crippen LogP contribution in [-0.2, 0) is 14.3 Å².